The lowest BCUT2D eigenvalue weighted by Gasteiger charge is -2.36. The molecular formula is C38H42N8O6. The maximum absolute atomic E-state index is 13.5. The van der Waals surface area contributed by atoms with Crippen LogP contribution in [-0.4, -0.2) is 80.7 Å². The fourth-order valence-corrected chi connectivity index (χ4v) is 7.53. The molecule has 2 aliphatic heterocycles. The predicted octanol–water partition coefficient (Wildman–Crippen LogP) is 4.19. The van der Waals surface area contributed by atoms with Gasteiger partial charge in [-0.1, -0.05) is 25.0 Å². The first kappa shape index (κ1) is 34.8. The largest absolute Gasteiger partial charge is 0.493 e. The normalized spacial score (nSPS) is 18.1. The van der Waals surface area contributed by atoms with Crippen molar-refractivity contribution in [2.45, 2.75) is 70.8 Å². The van der Waals surface area contributed by atoms with Gasteiger partial charge in [-0.3, -0.25) is 33.9 Å². The average molecular weight is 707 g/mol. The number of anilines is 3. The molecule has 1 unspecified atom stereocenters. The minimum Gasteiger partial charge on any atom is -0.493 e. The number of Topliss-reactive ketones (excluding diaryl/α,β-unsaturated/α-hetero) is 1. The number of nitrogens with zero attached hydrogens (tertiary/aromatic N) is 6. The number of imide groups is 1. The minimum absolute atomic E-state index is 0.00529. The molecular weight excluding hydrogens is 664 g/mol. The van der Waals surface area contributed by atoms with Gasteiger partial charge in [0.1, 0.15) is 17.2 Å². The standard InChI is InChI=1S/C38H42N8O6/c1-23-30-22-40-38(43-35(30)46(26-7-3-4-8-26)37(51)34(23)24(2)47)41-31-12-10-27(21-39-31)44-15-17-45(18-16-44)33(49)14-19-52-28-9-5-6-25(20-28)29-11-13-32(48)42-36(29)50/h5-6,9-10,12,20-22,26,29H,3-4,7-8,11,13-19H2,1-2H3,(H,42,48,50)(H,39,40,41,43). The van der Waals surface area contributed by atoms with Crippen molar-refractivity contribution in [3.8, 4) is 5.75 Å². The van der Waals surface area contributed by atoms with Gasteiger partial charge in [-0.2, -0.15) is 4.98 Å². The monoisotopic (exact) mass is 706 g/mol. The number of piperazine rings is 1. The zero-order chi connectivity index (χ0) is 36.4. The molecule has 1 aromatic carbocycles. The molecule has 270 valence electrons. The topological polar surface area (TPSA) is 169 Å². The molecule has 52 heavy (non-hydrogen) atoms. The third-order valence-corrected chi connectivity index (χ3v) is 10.3. The Bertz CT molecular complexity index is 2080. The van der Waals surface area contributed by atoms with Gasteiger partial charge < -0.3 is 19.9 Å². The number of carbonyl (C=O) groups is 4. The molecule has 3 fully saturated rings. The maximum atomic E-state index is 13.5. The molecule has 14 nitrogen and oxygen atoms in total. The van der Waals surface area contributed by atoms with Crippen LogP contribution >= 0.6 is 0 Å². The highest BCUT2D eigenvalue weighted by molar-refractivity contribution is 6.01. The molecule has 5 heterocycles. The van der Waals surface area contributed by atoms with Crippen molar-refractivity contribution < 1.29 is 23.9 Å². The van der Waals surface area contributed by atoms with E-state index in [1.165, 1.54) is 6.92 Å². The average Bonchev–Trinajstić information content (AvgIpc) is 3.67. The summed E-state index contributed by atoms with van der Waals surface area (Å²) in [6, 6.07) is 11.1. The van der Waals surface area contributed by atoms with Gasteiger partial charge in [-0.05, 0) is 68.5 Å². The number of pyridine rings is 2. The SMILES string of the molecule is CC(=O)c1c(C)c2cnc(Nc3ccc(N4CCN(C(=O)CCOc5cccc(C6CCC(=O)NC6=O)c5)CC4)cn3)nc2n(C2CCCC2)c1=O. The van der Waals surface area contributed by atoms with Crippen molar-refractivity contribution in [3.63, 3.8) is 0 Å². The number of ketones is 1. The Morgan fingerprint density at radius 2 is 1.77 bits per heavy atom. The Morgan fingerprint density at radius 1 is 0.981 bits per heavy atom. The molecule has 0 spiro atoms. The van der Waals surface area contributed by atoms with E-state index in [2.05, 4.69) is 25.5 Å². The van der Waals surface area contributed by atoms with Gasteiger partial charge in [-0.25, -0.2) is 9.97 Å². The molecule has 2 saturated heterocycles. The zero-order valence-electron chi connectivity index (χ0n) is 29.4. The highest BCUT2D eigenvalue weighted by Gasteiger charge is 2.29. The first-order valence-corrected chi connectivity index (χ1v) is 17.9. The van der Waals surface area contributed by atoms with Crippen molar-refractivity contribution in [1.82, 2.24) is 29.7 Å². The van der Waals surface area contributed by atoms with Crippen LogP contribution in [0, 0.1) is 6.92 Å². The van der Waals surface area contributed by atoms with E-state index >= 15 is 0 Å². The lowest BCUT2D eigenvalue weighted by molar-refractivity contribution is -0.134. The number of aryl methyl sites for hydroxylation is 1. The fraction of sp³-hybridized carbons (Fsp3) is 0.421. The number of aromatic nitrogens is 4. The quantitative estimate of drug-likeness (QED) is 0.179. The second-order valence-corrected chi connectivity index (χ2v) is 13.7. The predicted molar refractivity (Wildman–Crippen MR) is 194 cm³/mol. The van der Waals surface area contributed by atoms with Crippen molar-refractivity contribution in [3.05, 3.63) is 75.8 Å². The van der Waals surface area contributed by atoms with E-state index in [0.29, 0.717) is 73.1 Å². The molecule has 3 amide bonds. The first-order valence-electron chi connectivity index (χ1n) is 17.9. The summed E-state index contributed by atoms with van der Waals surface area (Å²) in [5, 5.41) is 6.24. The number of ether oxygens (including phenoxy) is 1. The minimum atomic E-state index is -0.392. The maximum Gasteiger partial charge on any atom is 0.263 e. The molecule has 0 radical (unpaired) electrons. The lowest BCUT2D eigenvalue weighted by atomic mass is 9.90. The van der Waals surface area contributed by atoms with Crippen LogP contribution in [0.3, 0.4) is 0 Å². The summed E-state index contributed by atoms with van der Waals surface area (Å²) >= 11 is 0. The van der Waals surface area contributed by atoms with Crippen LogP contribution in [0.1, 0.15) is 85.3 Å². The van der Waals surface area contributed by atoms with Crippen LogP contribution in [0.2, 0.25) is 0 Å². The van der Waals surface area contributed by atoms with Crippen molar-refractivity contribution >= 4 is 52.0 Å². The number of hydrogen-bond donors (Lipinski definition) is 2. The Morgan fingerprint density at radius 3 is 2.48 bits per heavy atom. The summed E-state index contributed by atoms with van der Waals surface area (Å²) in [6.07, 6.45) is 8.24. The molecule has 7 rings (SSSR count). The second kappa shape index (κ2) is 14.9. The van der Waals surface area contributed by atoms with E-state index in [4.69, 9.17) is 9.72 Å². The van der Waals surface area contributed by atoms with E-state index in [1.54, 1.807) is 36.0 Å². The summed E-state index contributed by atoms with van der Waals surface area (Å²) < 4.78 is 7.56. The van der Waals surface area contributed by atoms with Crippen molar-refractivity contribution in [2.24, 2.45) is 0 Å². The Kier molecular flexibility index (Phi) is 9.97. The molecule has 1 aliphatic carbocycles. The molecule has 3 aliphatic rings. The highest BCUT2D eigenvalue weighted by atomic mass is 16.5. The number of nitrogens with one attached hydrogen (secondary N) is 2. The van der Waals surface area contributed by atoms with Crippen LogP contribution in [0.15, 0.2) is 53.6 Å². The van der Waals surface area contributed by atoms with E-state index in [9.17, 15) is 24.0 Å². The number of hydrogen-bond acceptors (Lipinski definition) is 11. The molecule has 2 N–H and O–H groups in total. The van der Waals surface area contributed by atoms with Gasteiger partial charge in [0, 0.05) is 50.2 Å². The van der Waals surface area contributed by atoms with E-state index in [0.717, 1.165) is 36.9 Å². The molecule has 1 atom stereocenters. The van der Waals surface area contributed by atoms with Gasteiger partial charge in [-0.15, -0.1) is 0 Å². The van der Waals surface area contributed by atoms with Gasteiger partial charge in [0.15, 0.2) is 5.78 Å². The summed E-state index contributed by atoms with van der Waals surface area (Å²) in [5.41, 5.74) is 2.75. The summed E-state index contributed by atoms with van der Waals surface area (Å²) in [7, 11) is 0. The van der Waals surface area contributed by atoms with E-state index in [1.807, 2.05) is 29.2 Å². The highest BCUT2D eigenvalue weighted by Crippen LogP contribution is 2.32. The zero-order valence-corrected chi connectivity index (χ0v) is 29.4. The van der Waals surface area contributed by atoms with Crippen molar-refractivity contribution in [2.75, 3.05) is 43.0 Å². The number of amides is 3. The molecule has 14 heteroatoms. The van der Waals surface area contributed by atoms with Gasteiger partial charge in [0.25, 0.3) is 5.56 Å². The Labute approximate surface area is 300 Å². The van der Waals surface area contributed by atoms with Gasteiger partial charge in [0.2, 0.25) is 23.7 Å². The van der Waals surface area contributed by atoms with Crippen LogP contribution in [0.25, 0.3) is 11.0 Å². The summed E-state index contributed by atoms with van der Waals surface area (Å²) in [5.74, 6) is 0.264. The smallest absolute Gasteiger partial charge is 0.263 e. The van der Waals surface area contributed by atoms with Crippen molar-refractivity contribution in [1.29, 1.82) is 0 Å². The third-order valence-electron chi connectivity index (χ3n) is 10.3. The number of piperidine rings is 1. The molecule has 0 bridgehead atoms. The number of rotatable bonds is 10. The van der Waals surface area contributed by atoms with E-state index in [-0.39, 0.29) is 53.7 Å². The van der Waals surface area contributed by atoms with Gasteiger partial charge in [0.05, 0.1) is 36.4 Å². The summed E-state index contributed by atoms with van der Waals surface area (Å²) in [4.78, 5) is 80.5. The Hall–Kier alpha value is -5.66. The summed E-state index contributed by atoms with van der Waals surface area (Å²) in [6.45, 7) is 5.87. The number of fused-ring (bicyclic) bond motifs is 1. The molecule has 1 saturated carbocycles. The van der Waals surface area contributed by atoms with Crippen LogP contribution in [-0.2, 0) is 14.4 Å². The van der Waals surface area contributed by atoms with Crippen LogP contribution < -0.4 is 25.8 Å². The Balaban J connectivity index is 0.929. The first-order chi connectivity index (χ1) is 25.2. The molecule has 3 aromatic heterocycles. The van der Waals surface area contributed by atoms with Crippen LogP contribution in [0.5, 0.6) is 5.75 Å². The third kappa shape index (κ3) is 7.23. The van der Waals surface area contributed by atoms with Crippen LogP contribution in [0.4, 0.5) is 17.5 Å². The van der Waals surface area contributed by atoms with Gasteiger partial charge >= 0.3 is 0 Å². The fourth-order valence-electron chi connectivity index (χ4n) is 7.53. The van der Waals surface area contributed by atoms with E-state index < -0.39 is 5.92 Å². The molecule has 4 aromatic rings. The second-order valence-electron chi connectivity index (χ2n) is 13.7. The number of carbonyl (C=O) groups excluding carboxylic acids is 4. The lowest BCUT2D eigenvalue weighted by Crippen LogP contribution is -2.49. The number of benzene rings is 1.